The highest BCUT2D eigenvalue weighted by molar-refractivity contribution is 6.30. The summed E-state index contributed by atoms with van der Waals surface area (Å²) in [5.74, 6) is 0. The second-order valence-corrected chi connectivity index (χ2v) is 4.19. The van der Waals surface area contributed by atoms with Crippen molar-refractivity contribution in [1.82, 2.24) is 5.32 Å². The minimum atomic E-state index is 0.364. The molecule has 0 bridgehead atoms. The normalized spacial score (nSPS) is 15.1. The van der Waals surface area contributed by atoms with Crippen molar-refractivity contribution in [3.8, 4) is 0 Å². The molecule has 1 N–H and O–H groups in total. The van der Waals surface area contributed by atoms with Crippen LogP contribution in [-0.4, -0.2) is 6.04 Å². The van der Waals surface area contributed by atoms with E-state index in [1.807, 2.05) is 18.2 Å². The Morgan fingerprint density at radius 1 is 1.36 bits per heavy atom. The van der Waals surface area contributed by atoms with Crippen LogP contribution in [-0.2, 0) is 0 Å². The molecule has 0 heterocycles. The Bertz CT molecular complexity index is 285. The molecule has 0 fully saturated rings. The van der Waals surface area contributed by atoms with Crippen molar-refractivity contribution in [2.75, 3.05) is 0 Å². The quantitative estimate of drug-likeness (QED) is 0.799. The zero-order valence-corrected chi connectivity index (χ0v) is 9.81. The van der Waals surface area contributed by atoms with Crippen molar-refractivity contribution >= 4 is 11.6 Å². The molecule has 78 valence electrons. The zero-order valence-electron chi connectivity index (χ0n) is 9.05. The van der Waals surface area contributed by atoms with Gasteiger partial charge in [-0.25, -0.2) is 0 Å². The summed E-state index contributed by atoms with van der Waals surface area (Å²) in [6, 6.07) is 8.92. The minimum absolute atomic E-state index is 0.364. The van der Waals surface area contributed by atoms with Crippen LogP contribution in [0.25, 0.3) is 0 Å². The van der Waals surface area contributed by atoms with Gasteiger partial charge in [-0.15, -0.1) is 0 Å². The zero-order chi connectivity index (χ0) is 10.6. The van der Waals surface area contributed by atoms with Crippen molar-refractivity contribution in [2.24, 2.45) is 0 Å². The lowest BCUT2D eigenvalue weighted by molar-refractivity contribution is 0.469. The van der Waals surface area contributed by atoms with Crippen LogP contribution in [0, 0.1) is 0 Å². The Morgan fingerprint density at radius 3 is 2.64 bits per heavy atom. The predicted molar refractivity (Wildman–Crippen MR) is 62.8 cm³/mol. The number of benzene rings is 1. The standard InChI is InChI=1S/C12H18ClN/c1-4-9(2)14-10(3)11-6-5-7-12(13)8-11/h5-10,14H,4H2,1-3H3/t9-,10-/m0/s1. The summed E-state index contributed by atoms with van der Waals surface area (Å²) in [7, 11) is 0. The minimum Gasteiger partial charge on any atom is -0.308 e. The van der Waals surface area contributed by atoms with E-state index in [9.17, 15) is 0 Å². The maximum Gasteiger partial charge on any atom is 0.0409 e. The predicted octanol–water partition coefficient (Wildman–Crippen LogP) is 3.79. The number of halogens is 1. The largest absolute Gasteiger partial charge is 0.308 e. The van der Waals surface area contributed by atoms with Gasteiger partial charge in [-0.2, -0.15) is 0 Å². The topological polar surface area (TPSA) is 12.0 Å². The van der Waals surface area contributed by atoms with Gasteiger partial charge in [0.15, 0.2) is 0 Å². The summed E-state index contributed by atoms with van der Waals surface area (Å²) in [6.07, 6.45) is 1.14. The van der Waals surface area contributed by atoms with E-state index in [4.69, 9.17) is 11.6 Å². The number of hydrogen-bond acceptors (Lipinski definition) is 1. The molecular formula is C12H18ClN. The summed E-state index contributed by atoms with van der Waals surface area (Å²) < 4.78 is 0. The van der Waals surface area contributed by atoms with Gasteiger partial charge < -0.3 is 5.32 Å². The van der Waals surface area contributed by atoms with E-state index in [1.165, 1.54) is 5.56 Å². The number of nitrogens with one attached hydrogen (secondary N) is 1. The van der Waals surface area contributed by atoms with E-state index in [0.29, 0.717) is 12.1 Å². The Hall–Kier alpha value is -0.530. The summed E-state index contributed by atoms with van der Waals surface area (Å²) in [5, 5.41) is 4.32. The van der Waals surface area contributed by atoms with Crippen molar-refractivity contribution in [2.45, 2.75) is 39.3 Å². The first-order valence-electron chi connectivity index (χ1n) is 5.15. The highest BCUT2D eigenvalue weighted by atomic mass is 35.5. The lowest BCUT2D eigenvalue weighted by Crippen LogP contribution is -2.28. The van der Waals surface area contributed by atoms with Gasteiger partial charge >= 0.3 is 0 Å². The van der Waals surface area contributed by atoms with Crippen LogP contribution in [0.1, 0.15) is 38.8 Å². The molecule has 2 heteroatoms. The molecule has 1 aromatic carbocycles. The summed E-state index contributed by atoms with van der Waals surface area (Å²) in [4.78, 5) is 0. The van der Waals surface area contributed by atoms with Gasteiger partial charge in [0.2, 0.25) is 0 Å². The molecule has 0 aromatic heterocycles. The molecule has 0 aliphatic carbocycles. The van der Waals surface area contributed by atoms with E-state index in [0.717, 1.165) is 11.4 Å². The van der Waals surface area contributed by atoms with Crippen LogP contribution in [0.3, 0.4) is 0 Å². The maximum absolute atomic E-state index is 5.93. The van der Waals surface area contributed by atoms with Crippen LogP contribution >= 0.6 is 11.6 Å². The highest BCUT2D eigenvalue weighted by Gasteiger charge is 2.07. The first-order valence-corrected chi connectivity index (χ1v) is 5.52. The SMILES string of the molecule is CC[C@H](C)N[C@@H](C)c1cccc(Cl)c1. The Balaban J connectivity index is 2.64. The van der Waals surface area contributed by atoms with Crippen LogP contribution in [0.15, 0.2) is 24.3 Å². The van der Waals surface area contributed by atoms with Gasteiger partial charge in [0, 0.05) is 17.1 Å². The summed E-state index contributed by atoms with van der Waals surface area (Å²) >= 11 is 5.93. The van der Waals surface area contributed by atoms with Crippen molar-refractivity contribution in [3.63, 3.8) is 0 Å². The third-order valence-corrected chi connectivity index (χ3v) is 2.73. The van der Waals surface area contributed by atoms with Crippen LogP contribution in [0.4, 0.5) is 0 Å². The first-order chi connectivity index (χ1) is 6.63. The fraction of sp³-hybridized carbons (Fsp3) is 0.500. The Morgan fingerprint density at radius 2 is 2.07 bits per heavy atom. The lowest BCUT2D eigenvalue weighted by Gasteiger charge is -2.19. The third kappa shape index (κ3) is 3.32. The van der Waals surface area contributed by atoms with Gasteiger partial charge in [-0.05, 0) is 38.0 Å². The maximum atomic E-state index is 5.93. The molecule has 0 saturated carbocycles. The van der Waals surface area contributed by atoms with Gasteiger partial charge in [-0.3, -0.25) is 0 Å². The Kier molecular flexibility index (Phi) is 4.43. The van der Waals surface area contributed by atoms with Crippen LogP contribution < -0.4 is 5.32 Å². The fourth-order valence-corrected chi connectivity index (χ4v) is 1.62. The molecule has 0 aliphatic heterocycles. The van der Waals surface area contributed by atoms with E-state index < -0.39 is 0 Å². The molecule has 0 spiro atoms. The van der Waals surface area contributed by atoms with Crippen molar-refractivity contribution < 1.29 is 0 Å². The third-order valence-electron chi connectivity index (χ3n) is 2.50. The lowest BCUT2D eigenvalue weighted by atomic mass is 10.1. The summed E-state index contributed by atoms with van der Waals surface area (Å²) in [5.41, 5.74) is 1.25. The van der Waals surface area contributed by atoms with E-state index >= 15 is 0 Å². The van der Waals surface area contributed by atoms with E-state index in [2.05, 4.69) is 32.2 Å². The molecule has 1 aromatic rings. The molecule has 14 heavy (non-hydrogen) atoms. The molecule has 1 rings (SSSR count). The van der Waals surface area contributed by atoms with Crippen molar-refractivity contribution in [1.29, 1.82) is 0 Å². The molecule has 0 radical (unpaired) electrons. The van der Waals surface area contributed by atoms with Gasteiger partial charge in [0.05, 0.1) is 0 Å². The monoisotopic (exact) mass is 211 g/mol. The van der Waals surface area contributed by atoms with Crippen LogP contribution in [0.2, 0.25) is 5.02 Å². The number of rotatable bonds is 4. The fourth-order valence-electron chi connectivity index (χ4n) is 1.42. The smallest absolute Gasteiger partial charge is 0.0409 e. The molecule has 0 unspecified atom stereocenters. The van der Waals surface area contributed by atoms with E-state index in [-0.39, 0.29) is 0 Å². The second-order valence-electron chi connectivity index (χ2n) is 3.75. The highest BCUT2D eigenvalue weighted by Crippen LogP contribution is 2.17. The van der Waals surface area contributed by atoms with Gasteiger partial charge in [0.1, 0.15) is 0 Å². The molecule has 0 aliphatic rings. The number of hydrogen-bond donors (Lipinski definition) is 1. The van der Waals surface area contributed by atoms with Crippen LogP contribution in [0.5, 0.6) is 0 Å². The average Bonchev–Trinajstić information content (AvgIpc) is 2.17. The van der Waals surface area contributed by atoms with Crippen molar-refractivity contribution in [3.05, 3.63) is 34.9 Å². The molecular weight excluding hydrogens is 194 g/mol. The summed E-state index contributed by atoms with van der Waals surface area (Å²) in [6.45, 7) is 6.54. The molecule has 0 amide bonds. The van der Waals surface area contributed by atoms with Gasteiger partial charge in [0.25, 0.3) is 0 Å². The average molecular weight is 212 g/mol. The van der Waals surface area contributed by atoms with Gasteiger partial charge in [-0.1, -0.05) is 30.7 Å². The molecule has 2 atom stereocenters. The molecule has 0 saturated heterocycles. The first kappa shape index (κ1) is 11.5. The molecule has 1 nitrogen and oxygen atoms in total. The van der Waals surface area contributed by atoms with E-state index in [1.54, 1.807) is 0 Å². The Labute approximate surface area is 91.5 Å². The second kappa shape index (κ2) is 5.38.